The minimum Gasteiger partial charge on any atom is -0.421 e. The van der Waals surface area contributed by atoms with E-state index in [2.05, 4.69) is 4.52 Å². The first-order valence-corrected chi connectivity index (χ1v) is 5.24. The fourth-order valence-electron chi connectivity index (χ4n) is 0.760. The molecule has 0 aliphatic heterocycles. The average Bonchev–Trinajstić information content (AvgIpc) is 2.04. The standard InChI is InChI=1S/C8H10NO3P/c9-13(10,11)12-7-6-8-4-2-1-3-5-8/h1-7H,(H3,9,10,11). The quantitative estimate of drug-likeness (QED) is 0.574. The third-order valence-electron chi connectivity index (χ3n) is 1.27. The predicted octanol–water partition coefficient (Wildman–Crippen LogP) is 1.73. The topological polar surface area (TPSA) is 72.6 Å². The highest BCUT2D eigenvalue weighted by molar-refractivity contribution is 7.50. The molecule has 3 N–H and O–H groups in total. The van der Waals surface area contributed by atoms with E-state index >= 15 is 0 Å². The number of benzene rings is 1. The van der Waals surface area contributed by atoms with Crippen molar-refractivity contribution < 1.29 is 14.0 Å². The highest BCUT2D eigenvalue weighted by atomic mass is 31.2. The van der Waals surface area contributed by atoms with Gasteiger partial charge in [0.15, 0.2) is 0 Å². The van der Waals surface area contributed by atoms with E-state index in [1.165, 1.54) is 0 Å². The number of rotatable bonds is 3. The molecule has 5 heteroatoms. The van der Waals surface area contributed by atoms with Gasteiger partial charge in [-0.3, -0.25) is 0 Å². The van der Waals surface area contributed by atoms with Gasteiger partial charge in [-0.15, -0.1) is 0 Å². The Hall–Kier alpha value is -1.09. The number of hydrogen-bond acceptors (Lipinski definition) is 2. The van der Waals surface area contributed by atoms with Gasteiger partial charge in [0.2, 0.25) is 0 Å². The molecule has 0 saturated carbocycles. The van der Waals surface area contributed by atoms with Crippen LogP contribution in [0.2, 0.25) is 0 Å². The van der Waals surface area contributed by atoms with E-state index in [9.17, 15) is 4.57 Å². The Morgan fingerprint density at radius 2 is 2.00 bits per heavy atom. The van der Waals surface area contributed by atoms with Crippen LogP contribution in [-0.4, -0.2) is 4.89 Å². The van der Waals surface area contributed by atoms with E-state index in [0.717, 1.165) is 11.8 Å². The molecule has 1 unspecified atom stereocenters. The van der Waals surface area contributed by atoms with E-state index in [1.54, 1.807) is 6.08 Å². The molecule has 0 aliphatic carbocycles. The molecular weight excluding hydrogens is 189 g/mol. The van der Waals surface area contributed by atoms with E-state index in [-0.39, 0.29) is 0 Å². The minimum absolute atomic E-state index is 0.871. The van der Waals surface area contributed by atoms with E-state index < -0.39 is 7.75 Å². The highest BCUT2D eigenvalue weighted by Gasteiger charge is 2.07. The summed E-state index contributed by atoms with van der Waals surface area (Å²) in [6, 6.07) is 9.23. The number of hydrogen-bond donors (Lipinski definition) is 2. The first kappa shape index (κ1) is 9.99. The minimum atomic E-state index is -3.89. The SMILES string of the molecule is NP(=O)(O)OC=Cc1ccccc1. The van der Waals surface area contributed by atoms with Crippen molar-refractivity contribution in [2.45, 2.75) is 0 Å². The summed E-state index contributed by atoms with van der Waals surface area (Å²) < 4.78 is 14.8. The van der Waals surface area contributed by atoms with E-state index in [1.807, 2.05) is 30.3 Å². The fraction of sp³-hybridized carbons (Fsp3) is 0. The van der Waals surface area contributed by atoms with Gasteiger partial charge in [0, 0.05) is 0 Å². The average molecular weight is 199 g/mol. The van der Waals surface area contributed by atoms with Crippen LogP contribution in [0.5, 0.6) is 0 Å². The Morgan fingerprint density at radius 3 is 2.54 bits per heavy atom. The smallest absolute Gasteiger partial charge is 0.421 e. The second-order valence-corrected chi connectivity index (χ2v) is 3.72. The second kappa shape index (κ2) is 4.23. The second-order valence-electron chi connectivity index (χ2n) is 2.38. The highest BCUT2D eigenvalue weighted by Crippen LogP contribution is 2.31. The van der Waals surface area contributed by atoms with Gasteiger partial charge < -0.3 is 9.42 Å². The van der Waals surface area contributed by atoms with Crippen molar-refractivity contribution in [3.8, 4) is 0 Å². The molecule has 1 aromatic rings. The molecule has 70 valence electrons. The van der Waals surface area contributed by atoms with Crippen LogP contribution in [0.4, 0.5) is 0 Å². The molecule has 1 rings (SSSR count). The molecule has 0 spiro atoms. The lowest BCUT2D eigenvalue weighted by molar-refractivity contribution is 0.351. The van der Waals surface area contributed by atoms with Crippen molar-refractivity contribution in [3.63, 3.8) is 0 Å². The fourth-order valence-corrected chi connectivity index (χ4v) is 0.996. The van der Waals surface area contributed by atoms with Crippen LogP contribution in [0, 0.1) is 0 Å². The summed E-state index contributed by atoms with van der Waals surface area (Å²) in [7, 11) is -3.89. The summed E-state index contributed by atoms with van der Waals surface area (Å²) in [6.07, 6.45) is 2.66. The van der Waals surface area contributed by atoms with Gasteiger partial charge in [0.05, 0.1) is 6.26 Å². The zero-order valence-electron chi connectivity index (χ0n) is 6.83. The lowest BCUT2D eigenvalue weighted by Gasteiger charge is -2.01. The summed E-state index contributed by atoms with van der Waals surface area (Å²) in [5.74, 6) is 0. The molecule has 0 saturated heterocycles. The summed E-state index contributed by atoms with van der Waals surface area (Å²) in [6.45, 7) is 0. The van der Waals surface area contributed by atoms with Crippen LogP contribution < -0.4 is 5.50 Å². The van der Waals surface area contributed by atoms with Gasteiger partial charge in [-0.1, -0.05) is 30.3 Å². The summed E-state index contributed by atoms with van der Waals surface area (Å²) >= 11 is 0. The monoisotopic (exact) mass is 199 g/mol. The molecule has 0 bridgehead atoms. The maximum absolute atomic E-state index is 10.5. The maximum atomic E-state index is 10.5. The Morgan fingerprint density at radius 1 is 1.38 bits per heavy atom. The first-order chi connectivity index (χ1) is 6.08. The predicted molar refractivity (Wildman–Crippen MR) is 50.6 cm³/mol. The molecule has 4 nitrogen and oxygen atoms in total. The molecule has 1 atom stereocenters. The van der Waals surface area contributed by atoms with Gasteiger partial charge in [0.1, 0.15) is 0 Å². The van der Waals surface area contributed by atoms with E-state index in [0.29, 0.717) is 0 Å². The van der Waals surface area contributed by atoms with Gasteiger partial charge in [0.25, 0.3) is 0 Å². The molecule has 1 aromatic carbocycles. The van der Waals surface area contributed by atoms with Crippen LogP contribution in [0.3, 0.4) is 0 Å². The Bertz CT molecular complexity index is 331. The molecule has 0 fully saturated rings. The maximum Gasteiger partial charge on any atom is 0.452 e. The normalized spacial score (nSPS) is 15.5. The molecular formula is C8H10NO3P. The third-order valence-corrected chi connectivity index (χ3v) is 1.70. The van der Waals surface area contributed by atoms with Crippen molar-refractivity contribution in [1.29, 1.82) is 0 Å². The van der Waals surface area contributed by atoms with Gasteiger partial charge in [-0.25, -0.2) is 10.1 Å². The summed E-state index contributed by atoms with van der Waals surface area (Å²) in [5, 5.41) is 0. The Labute approximate surface area is 76.2 Å². The van der Waals surface area contributed by atoms with Crippen LogP contribution in [-0.2, 0) is 9.09 Å². The summed E-state index contributed by atoms with van der Waals surface area (Å²) in [4.78, 5) is 8.56. The summed E-state index contributed by atoms with van der Waals surface area (Å²) in [5.41, 5.74) is 5.61. The molecule has 0 radical (unpaired) electrons. The van der Waals surface area contributed by atoms with Crippen LogP contribution in [0.25, 0.3) is 6.08 Å². The van der Waals surface area contributed by atoms with Crippen molar-refractivity contribution in [1.82, 2.24) is 0 Å². The van der Waals surface area contributed by atoms with Crippen molar-refractivity contribution >= 4 is 13.8 Å². The molecule has 0 aromatic heterocycles. The Balaban J connectivity index is 2.56. The van der Waals surface area contributed by atoms with E-state index in [4.69, 9.17) is 10.4 Å². The number of nitrogens with two attached hydrogens (primary N) is 1. The lowest BCUT2D eigenvalue weighted by atomic mass is 10.2. The van der Waals surface area contributed by atoms with Crippen LogP contribution in [0.1, 0.15) is 5.56 Å². The molecule has 13 heavy (non-hydrogen) atoms. The zero-order chi connectivity index (χ0) is 9.73. The van der Waals surface area contributed by atoms with Crippen molar-refractivity contribution in [3.05, 3.63) is 42.2 Å². The Kier molecular flexibility index (Phi) is 3.25. The largest absolute Gasteiger partial charge is 0.452 e. The molecule has 0 heterocycles. The molecule has 0 amide bonds. The first-order valence-electron chi connectivity index (χ1n) is 3.59. The van der Waals surface area contributed by atoms with Crippen LogP contribution >= 0.6 is 7.75 Å². The van der Waals surface area contributed by atoms with Gasteiger partial charge in [-0.2, -0.15) is 0 Å². The zero-order valence-corrected chi connectivity index (χ0v) is 7.72. The van der Waals surface area contributed by atoms with Crippen molar-refractivity contribution in [2.75, 3.05) is 0 Å². The van der Waals surface area contributed by atoms with Gasteiger partial charge in [-0.05, 0) is 11.6 Å². The third kappa shape index (κ3) is 4.48. The lowest BCUT2D eigenvalue weighted by Crippen LogP contribution is -1.92. The van der Waals surface area contributed by atoms with Crippen molar-refractivity contribution in [2.24, 2.45) is 5.50 Å². The van der Waals surface area contributed by atoms with Crippen LogP contribution in [0.15, 0.2) is 36.6 Å². The van der Waals surface area contributed by atoms with Gasteiger partial charge >= 0.3 is 7.75 Å². The molecule has 0 aliphatic rings.